The second kappa shape index (κ2) is 4.69. The van der Waals surface area contributed by atoms with Gasteiger partial charge in [-0.05, 0) is 48.8 Å². The first-order valence-corrected chi connectivity index (χ1v) is 6.12. The number of hydrogen-bond acceptors (Lipinski definition) is 1. The summed E-state index contributed by atoms with van der Waals surface area (Å²) >= 11 is 0. The summed E-state index contributed by atoms with van der Waals surface area (Å²) in [7, 11) is 0. The molecule has 0 bridgehead atoms. The maximum absolute atomic E-state index is 3.49. The second-order valence-corrected chi connectivity index (χ2v) is 4.91. The van der Waals surface area contributed by atoms with Gasteiger partial charge >= 0.3 is 0 Å². The predicted molar refractivity (Wildman–Crippen MR) is 66.4 cm³/mol. The molecule has 1 heterocycles. The molecule has 2 rings (SSSR count). The van der Waals surface area contributed by atoms with Gasteiger partial charge in [-0.15, -0.1) is 0 Å². The van der Waals surface area contributed by atoms with Gasteiger partial charge in [0.2, 0.25) is 0 Å². The van der Waals surface area contributed by atoms with Gasteiger partial charge in [0.25, 0.3) is 0 Å². The van der Waals surface area contributed by atoms with E-state index in [1.807, 2.05) is 0 Å². The van der Waals surface area contributed by atoms with E-state index in [2.05, 4.69) is 37.4 Å². The summed E-state index contributed by atoms with van der Waals surface area (Å²) in [4.78, 5) is 0. The van der Waals surface area contributed by atoms with E-state index in [0.717, 1.165) is 12.5 Å². The molecule has 0 atom stereocenters. The summed E-state index contributed by atoms with van der Waals surface area (Å²) in [5, 5.41) is 3.49. The summed E-state index contributed by atoms with van der Waals surface area (Å²) in [6, 6.07) is 6.70. The van der Waals surface area contributed by atoms with Gasteiger partial charge in [0.15, 0.2) is 0 Å². The highest BCUT2D eigenvalue weighted by Gasteiger charge is 2.11. The molecule has 1 aromatic carbocycles. The van der Waals surface area contributed by atoms with Crippen LogP contribution < -0.4 is 5.32 Å². The van der Waals surface area contributed by atoms with Gasteiger partial charge in [-0.25, -0.2) is 0 Å². The number of nitrogens with one attached hydrogen (secondary N) is 1. The Morgan fingerprint density at radius 2 is 2.20 bits per heavy atom. The zero-order chi connectivity index (χ0) is 10.7. The highest BCUT2D eigenvalue weighted by Crippen LogP contribution is 2.26. The molecule has 1 nitrogen and oxygen atoms in total. The Kier molecular flexibility index (Phi) is 3.30. The summed E-state index contributed by atoms with van der Waals surface area (Å²) in [6.45, 7) is 5.74. The van der Waals surface area contributed by atoms with Crippen molar-refractivity contribution in [3.8, 4) is 0 Å². The van der Waals surface area contributed by atoms with E-state index >= 15 is 0 Å². The lowest BCUT2D eigenvalue weighted by molar-refractivity contribution is 0.584. The van der Waals surface area contributed by atoms with Crippen LogP contribution in [0.15, 0.2) is 18.2 Å². The number of benzene rings is 1. The average Bonchev–Trinajstić information content (AvgIpc) is 2.26. The fourth-order valence-corrected chi connectivity index (χ4v) is 2.26. The fourth-order valence-electron chi connectivity index (χ4n) is 2.26. The number of hydrogen-bond donors (Lipinski definition) is 1. The molecule has 0 spiro atoms. The van der Waals surface area contributed by atoms with Crippen LogP contribution in [0.2, 0.25) is 0 Å². The van der Waals surface area contributed by atoms with E-state index in [-0.39, 0.29) is 0 Å². The van der Waals surface area contributed by atoms with Crippen molar-refractivity contribution in [3.63, 3.8) is 0 Å². The molecule has 0 fully saturated rings. The normalized spacial score (nSPS) is 14.9. The largest absolute Gasteiger partial charge is 0.385 e. The lowest BCUT2D eigenvalue weighted by Gasteiger charge is -2.21. The Hall–Kier alpha value is -0.980. The third-order valence-electron chi connectivity index (χ3n) is 3.18. The summed E-state index contributed by atoms with van der Waals surface area (Å²) < 4.78 is 0. The van der Waals surface area contributed by atoms with Gasteiger partial charge in [0.05, 0.1) is 0 Å². The van der Waals surface area contributed by atoms with Gasteiger partial charge in [0, 0.05) is 12.2 Å². The smallest absolute Gasteiger partial charge is 0.0375 e. The van der Waals surface area contributed by atoms with Crippen molar-refractivity contribution in [2.24, 2.45) is 5.92 Å². The van der Waals surface area contributed by atoms with Gasteiger partial charge in [0.1, 0.15) is 0 Å². The van der Waals surface area contributed by atoms with E-state index in [4.69, 9.17) is 0 Å². The standard InChI is InChI=1S/C14H21N/c1-11(2)8-9-12-5-3-7-14-13(12)6-4-10-15-14/h3,5,7,11,15H,4,6,8-10H2,1-2H3. The minimum absolute atomic E-state index is 0.803. The van der Waals surface area contributed by atoms with Crippen LogP contribution in [0.5, 0.6) is 0 Å². The minimum atomic E-state index is 0.803. The van der Waals surface area contributed by atoms with Crippen LogP contribution in [-0.4, -0.2) is 6.54 Å². The first-order valence-electron chi connectivity index (χ1n) is 6.12. The van der Waals surface area contributed by atoms with Crippen molar-refractivity contribution in [3.05, 3.63) is 29.3 Å². The van der Waals surface area contributed by atoms with E-state index < -0.39 is 0 Å². The quantitative estimate of drug-likeness (QED) is 0.791. The fraction of sp³-hybridized carbons (Fsp3) is 0.571. The topological polar surface area (TPSA) is 12.0 Å². The number of rotatable bonds is 3. The van der Waals surface area contributed by atoms with Crippen LogP contribution in [0.25, 0.3) is 0 Å². The molecule has 0 radical (unpaired) electrons. The van der Waals surface area contributed by atoms with E-state index in [1.165, 1.54) is 31.4 Å². The lowest BCUT2D eigenvalue weighted by atomic mass is 9.93. The van der Waals surface area contributed by atoms with Crippen molar-refractivity contribution in [2.45, 2.75) is 39.5 Å². The molecule has 0 unspecified atom stereocenters. The van der Waals surface area contributed by atoms with Crippen molar-refractivity contribution in [1.29, 1.82) is 0 Å². The van der Waals surface area contributed by atoms with Crippen LogP contribution in [0.3, 0.4) is 0 Å². The Bertz CT molecular complexity index is 328. The molecule has 1 N–H and O–H groups in total. The maximum Gasteiger partial charge on any atom is 0.0375 e. The highest BCUT2D eigenvalue weighted by molar-refractivity contribution is 5.56. The Balaban J connectivity index is 2.16. The predicted octanol–water partition coefficient (Wildman–Crippen LogP) is 3.63. The molecule has 1 heteroatoms. The van der Waals surface area contributed by atoms with E-state index in [0.29, 0.717) is 0 Å². The van der Waals surface area contributed by atoms with E-state index in [9.17, 15) is 0 Å². The van der Waals surface area contributed by atoms with Crippen LogP contribution >= 0.6 is 0 Å². The number of anilines is 1. The highest BCUT2D eigenvalue weighted by atomic mass is 14.9. The molecule has 1 aromatic rings. The van der Waals surface area contributed by atoms with Gasteiger partial charge < -0.3 is 5.32 Å². The Morgan fingerprint density at radius 1 is 1.33 bits per heavy atom. The first kappa shape index (κ1) is 10.5. The van der Waals surface area contributed by atoms with Gasteiger partial charge in [-0.1, -0.05) is 26.0 Å². The van der Waals surface area contributed by atoms with Crippen LogP contribution in [0, 0.1) is 5.92 Å². The lowest BCUT2D eigenvalue weighted by Crippen LogP contribution is -2.13. The molecule has 1 aliphatic rings. The van der Waals surface area contributed by atoms with Crippen LogP contribution in [0.4, 0.5) is 5.69 Å². The molecule has 0 saturated carbocycles. The average molecular weight is 203 g/mol. The monoisotopic (exact) mass is 203 g/mol. The first-order chi connectivity index (χ1) is 7.27. The molecule has 0 aliphatic carbocycles. The van der Waals surface area contributed by atoms with Crippen molar-refractivity contribution >= 4 is 5.69 Å². The van der Waals surface area contributed by atoms with Crippen LogP contribution in [0.1, 0.15) is 37.8 Å². The Labute approximate surface area is 92.9 Å². The molecule has 0 saturated heterocycles. The maximum atomic E-state index is 3.49. The molecule has 0 amide bonds. The SMILES string of the molecule is CC(C)CCc1cccc2c1CCCN2. The minimum Gasteiger partial charge on any atom is -0.385 e. The third kappa shape index (κ3) is 2.53. The summed E-state index contributed by atoms with van der Waals surface area (Å²) in [5.74, 6) is 0.803. The Morgan fingerprint density at radius 3 is 3.00 bits per heavy atom. The third-order valence-corrected chi connectivity index (χ3v) is 3.18. The van der Waals surface area contributed by atoms with Crippen molar-refractivity contribution < 1.29 is 0 Å². The molecular formula is C14H21N. The number of fused-ring (bicyclic) bond motifs is 1. The summed E-state index contributed by atoms with van der Waals surface area (Å²) in [6.07, 6.45) is 5.08. The van der Waals surface area contributed by atoms with Gasteiger partial charge in [-0.3, -0.25) is 0 Å². The molecule has 0 aromatic heterocycles. The molecule has 15 heavy (non-hydrogen) atoms. The molecule has 82 valence electrons. The molecule has 1 aliphatic heterocycles. The zero-order valence-electron chi connectivity index (χ0n) is 9.84. The van der Waals surface area contributed by atoms with Gasteiger partial charge in [-0.2, -0.15) is 0 Å². The number of aryl methyl sites for hydroxylation is 1. The van der Waals surface area contributed by atoms with Crippen LogP contribution in [-0.2, 0) is 12.8 Å². The zero-order valence-corrected chi connectivity index (χ0v) is 9.84. The van der Waals surface area contributed by atoms with Crippen molar-refractivity contribution in [1.82, 2.24) is 0 Å². The molecular weight excluding hydrogens is 182 g/mol. The van der Waals surface area contributed by atoms with E-state index in [1.54, 1.807) is 11.1 Å². The van der Waals surface area contributed by atoms with Crippen molar-refractivity contribution in [2.75, 3.05) is 11.9 Å². The summed E-state index contributed by atoms with van der Waals surface area (Å²) in [5.41, 5.74) is 4.51. The second-order valence-electron chi connectivity index (χ2n) is 4.91.